The van der Waals surface area contributed by atoms with Crippen LogP contribution in [-0.4, -0.2) is 72.2 Å². The minimum Gasteiger partial charge on any atom is -0.497 e. The fourth-order valence-electron chi connectivity index (χ4n) is 5.82. The molecule has 1 saturated carbocycles. The van der Waals surface area contributed by atoms with Gasteiger partial charge >= 0.3 is 0 Å². The van der Waals surface area contributed by atoms with E-state index in [0.717, 1.165) is 56.7 Å². The van der Waals surface area contributed by atoms with Crippen LogP contribution >= 0.6 is 0 Å². The highest BCUT2D eigenvalue weighted by molar-refractivity contribution is 5.30. The molecule has 0 radical (unpaired) electrons. The number of ether oxygens (including phenoxy) is 2. The van der Waals surface area contributed by atoms with Crippen LogP contribution in [-0.2, 0) is 11.3 Å². The zero-order chi connectivity index (χ0) is 21.0. The van der Waals surface area contributed by atoms with Crippen LogP contribution in [0.25, 0.3) is 0 Å². The second-order valence-electron chi connectivity index (χ2n) is 9.36. The van der Waals surface area contributed by atoms with Crippen molar-refractivity contribution in [2.24, 2.45) is 0 Å². The van der Waals surface area contributed by atoms with E-state index in [1.165, 1.54) is 44.3 Å². The van der Waals surface area contributed by atoms with Gasteiger partial charge in [-0.05, 0) is 73.2 Å². The van der Waals surface area contributed by atoms with Crippen molar-refractivity contribution in [3.8, 4) is 5.75 Å². The van der Waals surface area contributed by atoms with Gasteiger partial charge in [-0.2, -0.15) is 0 Å². The molecule has 0 amide bonds. The second-order valence-corrected chi connectivity index (χ2v) is 9.36. The van der Waals surface area contributed by atoms with Gasteiger partial charge in [0.2, 0.25) is 5.82 Å². The molecule has 168 valence electrons. The van der Waals surface area contributed by atoms with Gasteiger partial charge in [0.1, 0.15) is 31.9 Å². The standard InChI is InChI=1S/C23H34N6O2/c1-30-20-10-8-18(9-11-20)22(23-24-25-26-29(23)17-21-7-4-16-31-21)28-14-12-27(13-15-28)19-5-2-3-6-19/h8-11,19,21-22H,2-7,12-17H2,1H3/p+2/t21-,22-/m0/s1. The monoisotopic (exact) mass is 428 g/mol. The Kier molecular flexibility index (Phi) is 6.47. The van der Waals surface area contributed by atoms with Crippen LogP contribution in [0.2, 0.25) is 0 Å². The zero-order valence-corrected chi connectivity index (χ0v) is 18.6. The van der Waals surface area contributed by atoms with E-state index in [4.69, 9.17) is 9.47 Å². The highest BCUT2D eigenvalue weighted by atomic mass is 16.5. The lowest BCUT2D eigenvalue weighted by Crippen LogP contribution is -3.29. The first kappa shape index (κ1) is 20.8. The quantitative estimate of drug-likeness (QED) is 0.632. The van der Waals surface area contributed by atoms with Gasteiger partial charge in [0.15, 0.2) is 6.04 Å². The number of hydrogen-bond donors (Lipinski definition) is 2. The molecule has 1 aromatic heterocycles. The normalized spacial score (nSPS) is 28.1. The maximum Gasteiger partial charge on any atom is 0.214 e. The van der Waals surface area contributed by atoms with Crippen LogP contribution in [0.1, 0.15) is 56.0 Å². The molecule has 2 atom stereocenters. The molecule has 8 heteroatoms. The largest absolute Gasteiger partial charge is 0.497 e. The van der Waals surface area contributed by atoms with Gasteiger partial charge < -0.3 is 19.3 Å². The highest BCUT2D eigenvalue weighted by Gasteiger charge is 2.38. The zero-order valence-electron chi connectivity index (χ0n) is 18.6. The average Bonchev–Trinajstić information content (AvgIpc) is 3.59. The van der Waals surface area contributed by atoms with Crippen LogP contribution in [0.5, 0.6) is 5.75 Å². The Balaban J connectivity index is 1.38. The fourth-order valence-corrected chi connectivity index (χ4v) is 5.82. The topological polar surface area (TPSA) is 70.9 Å². The molecular weight excluding hydrogens is 392 g/mol. The maximum atomic E-state index is 5.87. The summed E-state index contributed by atoms with van der Waals surface area (Å²) in [7, 11) is 1.71. The maximum absolute atomic E-state index is 5.87. The van der Waals surface area contributed by atoms with Crippen molar-refractivity contribution < 1.29 is 19.3 Å². The van der Waals surface area contributed by atoms with Gasteiger partial charge in [-0.25, -0.2) is 4.68 Å². The van der Waals surface area contributed by atoms with Crippen molar-refractivity contribution in [2.45, 2.75) is 63.3 Å². The van der Waals surface area contributed by atoms with Crippen LogP contribution in [0, 0.1) is 0 Å². The minimum absolute atomic E-state index is 0.132. The lowest BCUT2D eigenvalue weighted by atomic mass is 10.0. The van der Waals surface area contributed by atoms with Crippen LogP contribution in [0.15, 0.2) is 24.3 Å². The second kappa shape index (κ2) is 9.63. The SMILES string of the molecule is COc1ccc([C@@H](c2nnnn2C[C@@H]2CCCO2)[NH+]2CC[NH+](C3CCCC3)CC2)cc1. The third-order valence-electron chi connectivity index (χ3n) is 7.54. The first-order valence-electron chi connectivity index (χ1n) is 12.0. The summed E-state index contributed by atoms with van der Waals surface area (Å²) in [5, 5.41) is 13.0. The van der Waals surface area contributed by atoms with E-state index in [1.807, 2.05) is 9.58 Å². The first-order chi connectivity index (χ1) is 15.3. The third-order valence-corrected chi connectivity index (χ3v) is 7.54. The molecule has 0 unspecified atom stereocenters. The summed E-state index contributed by atoms with van der Waals surface area (Å²) >= 11 is 0. The Bertz CT molecular complexity index is 821. The number of tetrazole rings is 1. The molecule has 2 N–H and O–H groups in total. The number of methoxy groups -OCH3 is 1. The van der Waals surface area contributed by atoms with E-state index in [2.05, 4.69) is 39.8 Å². The first-order valence-corrected chi connectivity index (χ1v) is 12.0. The minimum atomic E-state index is 0.132. The Hall–Kier alpha value is -2.03. The van der Waals surface area contributed by atoms with Gasteiger partial charge in [-0.3, -0.25) is 0 Å². The Morgan fingerprint density at radius 3 is 2.52 bits per heavy atom. The number of hydrogen-bond acceptors (Lipinski definition) is 5. The van der Waals surface area contributed by atoms with Crippen molar-refractivity contribution in [3.63, 3.8) is 0 Å². The summed E-state index contributed by atoms with van der Waals surface area (Å²) in [6, 6.07) is 9.47. The molecule has 0 spiro atoms. The molecule has 3 heterocycles. The molecule has 2 aromatic rings. The van der Waals surface area contributed by atoms with Gasteiger partial charge in [-0.15, -0.1) is 5.10 Å². The van der Waals surface area contributed by atoms with E-state index in [0.29, 0.717) is 0 Å². The van der Waals surface area contributed by atoms with Gasteiger partial charge in [0, 0.05) is 12.2 Å². The van der Waals surface area contributed by atoms with Gasteiger partial charge in [-0.1, -0.05) is 0 Å². The van der Waals surface area contributed by atoms with Crippen LogP contribution < -0.4 is 14.5 Å². The molecule has 1 aliphatic carbocycles. The van der Waals surface area contributed by atoms with Crippen molar-refractivity contribution in [3.05, 3.63) is 35.7 Å². The number of nitrogens with zero attached hydrogens (tertiary/aromatic N) is 4. The summed E-state index contributed by atoms with van der Waals surface area (Å²) < 4.78 is 13.3. The summed E-state index contributed by atoms with van der Waals surface area (Å²) in [6.07, 6.45) is 8.08. The van der Waals surface area contributed by atoms with Crippen molar-refractivity contribution in [1.82, 2.24) is 20.2 Å². The van der Waals surface area contributed by atoms with Crippen molar-refractivity contribution >= 4 is 0 Å². The van der Waals surface area contributed by atoms with Crippen LogP contribution in [0.3, 0.4) is 0 Å². The smallest absolute Gasteiger partial charge is 0.214 e. The summed E-state index contributed by atoms with van der Waals surface area (Å²) in [5.74, 6) is 1.84. The van der Waals surface area contributed by atoms with E-state index in [1.54, 1.807) is 12.0 Å². The average molecular weight is 429 g/mol. The molecule has 3 aliphatic rings. The number of aromatic nitrogens is 4. The fraction of sp³-hybridized carbons (Fsp3) is 0.696. The van der Waals surface area contributed by atoms with E-state index < -0.39 is 0 Å². The molecule has 8 nitrogen and oxygen atoms in total. The van der Waals surface area contributed by atoms with E-state index in [-0.39, 0.29) is 12.1 Å². The molecule has 3 fully saturated rings. The summed E-state index contributed by atoms with van der Waals surface area (Å²) in [6.45, 7) is 6.35. The van der Waals surface area contributed by atoms with Gasteiger partial charge in [0.25, 0.3) is 0 Å². The number of benzene rings is 1. The highest BCUT2D eigenvalue weighted by Crippen LogP contribution is 2.22. The molecular formula is C23H36N6O2+2. The van der Waals surface area contributed by atoms with Crippen molar-refractivity contribution in [2.75, 3.05) is 39.9 Å². The Labute approximate surface area is 184 Å². The van der Waals surface area contributed by atoms with E-state index >= 15 is 0 Å². The molecule has 31 heavy (non-hydrogen) atoms. The summed E-state index contributed by atoms with van der Waals surface area (Å²) in [4.78, 5) is 3.38. The molecule has 0 bridgehead atoms. The Morgan fingerprint density at radius 2 is 1.84 bits per heavy atom. The van der Waals surface area contributed by atoms with Gasteiger partial charge in [0.05, 0.1) is 25.8 Å². The van der Waals surface area contributed by atoms with Crippen LogP contribution in [0.4, 0.5) is 0 Å². The Morgan fingerprint density at radius 1 is 1.06 bits per heavy atom. The summed E-state index contributed by atoms with van der Waals surface area (Å²) in [5.41, 5.74) is 1.25. The van der Waals surface area contributed by atoms with E-state index in [9.17, 15) is 0 Å². The number of rotatable bonds is 7. The van der Waals surface area contributed by atoms with Crippen molar-refractivity contribution in [1.29, 1.82) is 0 Å². The molecule has 2 saturated heterocycles. The lowest BCUT2D eigenvalue weighted by Gasteiger charge is -2.36. The predicted octanol–water partition coefficient (Wildman–Crippen LogP) is -0.324. The molecule has 2 aliphatic heterocycles. The third kappa shape index (κ3) is 4.61. The lowest BCUT2D eigenvalue weighted by molar-refractivity contribution is -1.03. The molecule has 5 rings (SSSR count). The molecule has 1 aromatic carbocycles. The number of nitrogens with one attached hydrogen (secondary N) is 2. The predicted molar refractivity (Wildman–Crippen MR) is 115 cm³/mol. The number of piperazine rings is 1. The number of quaternary nitrogens is 2.